The number of carbonyl (C=O) groups is 2. The van der Waals surface area contributed by atoms with Gasteiger partial charge in [-0.25, -0.2) is 0 Å². The highest BCUT2D eigenvalue weighted by Gasteiger charge is 2.39. The van der Waals surface area contributed by atoms with Crippen molar-refractivity contribution in [3.63, 3.8) is 0 Å². The molecule has 7 nitrogen and oxygen atoms in total. The van der Waals surface area contributed by atoms with Crippen LogP contribution < -0.4 is 5.32 Å². The van der Waals surface area contributed by atoms with E-state index in [1.165, 1.54) is 6.92 Å². The number of ether oxygens (including phenoxy) is 2. The first-order chi connectivity index (χ1) is 17.5. The lowest BCUT2D eigenvalue weighted by atomic mass is 9.80. The Morgan fingerprint density at radius 1 is 1.11 bits per heavy atom. The molecule has 0 spiro atoms. The molecule has 2 aromatic carbocycles. The number of hydrogen-bond donors (Lipinski definition) is 2. The van der Waals surface area contributed by atoms with Gasteiger partial charge >= 0.3 is 0 Å². The van der Waals surface area contributed by atoms with Crippen LogP contribution in [0.15, 0.2) is 72.6 Å². The molecule has 0 saturated heterocycles. The Morgan fingerprint density at radius 2 is 1.86 bits per heavy atom. The molecule has 1 aliphatic rings. The topological polar surface area (TPSA) is 89.8 Å². The molecule has 7 heteroatoms. The molecule has 36 heavy (non-hydrogen) atoms. The highest BCUT2D eigenvalue weighted by atomic mass is 16.7. The van der Waals surface area contributed by atoms with Crippen LogP contribution in [0.5, 0.6) is 0 Å². The van der Waals surface area contributed by atoms with E-state index in [-0.39, 0.29) is 36.0 Å². The quantitative estimate of drug-likeness (QED) is 0.439. The van der Waals surface area contributed by atoms with Crippen molar-refractivity contribution in [3.8, 4) is 0 Å². The minimum absolute atomic E-state index is 0.0494. The lowest BCUT2D eigenvalue weighted by Gasteiger charge is -2.36. The Morgan fingerprint density at radius 3 is 2.58 bits per heavy atom. The first kappa shape index (κ1) is 25.7. The molecule has 3 aromatic rings. The first-order valence-electron chi connectivity index (χ1n) is 12.6. The molecule has 1 aromatic heterocycles. The van der Waals surface area contributed by atoms with Crippen LogP contribution in [0, 0.1) is 5.92 Å². The van der Waals surface area contributed by atoms with Crippen molar-refractivity contribution in [3.05, 3.63) is 83.8 Å². The van der Waals surface area contributed by atoms with Crippen molar-refractivity contribution in [1.29, 1.82) is 0 Å². The van der Waals surface area contributed by atoms with Gasteiger partial charge in [-0.3, -0.25) is 14.2 Å². The molecule has 0 saturated carbocycles. The third-order valence-corrected chi connectivity index (χ3v) is 6.62. The maximum absolute atomic E-state index is 13.2. The number of allylic oxidation sites excluding steroid dienone is 1. The van der Waals surface area contributed by atoms with Gasteiger partial charge in [0.1, 0.15) is 0 Å². The van der Waals surface area contributed by atoms with Crippen molar-refractivity contribution < 1.29 is 24.2 Å². The smallest absolute Gasteiger partial charge is 0.286 e. The van der Waals surface area contributed by atoms with Gasteiger partial charge in [0.05, 0.1) is 5.52 Å². The maximum atomic E-state index is 13.2. The fourth-order valence-electron chi connectivity index (χ4n) is 4.91. The van der Waals surface area contributed by atoms with E-state index >= 15 is 0 Å². The molecular weight excluding hydrogens is 456 g/mol. The van der Waals surface area contributed by atoms with Gasteiger partial charge < -0.3 is 19.9 Å². The number of amides is 1. The summed E-state index contributed by atoms with van der Waals surface area (Å²) in [5.41, 5.74) is 2.90. The Kier molecular flexibility index (Phi) is 8.57. The monoisotopic (exact) mass is 490 g/mol. The Bertz CT molecular complexity index is 1220. The Labute approximate surface area is 211 Å². The molecule has 0 unspecified atom stereocenters. The summed E-state index contributed by atoms with van der Waals surface area (Å²) in [6, 6.07) is 17.7. The molecular formula is C29H34N2O5. The number of aromatic nitrogens is 1. The SMILES string of the molecule is CCO[C@H]1OC(C(=O)NCCc2ccccc2)=C[C@@H](c2cn(C(C)=O)c3ccccc23)[C@H]1CCCO. The van der Waals surface area contributed by atoms with Gasteiger partial charge in [-0.05, 0) is 49.5 Å². The molecule has 3 atom stereocenters. The van der Waals surface area contributed by atoms with Crippen LogP contribution in [0.1, 0.15) is 48.5 Å². The second-order valence-electron chi connectivity index (χ2n) is 9.01. The summed E-state index contributed by atoms with van der Waals surface area (Å²) in [6.07, 6.45) is 4.99. The first-order valence-corrected chi connectivity index (χ1v) is 12.6. The second kappa shape index (κ2) is 12.0. The average molecular weight is 491 g/mol. The molecule has 4 rings (SSSR count). The summed E-state index contributed by atoms with van der Waals surface area (Å²) in [5.74, 6) is -0.532. The number of hydrogen-bond acceptors (Lipinski definition) is 5. The van der Waals surface area contributed by atoms with Crippen molar-refractivity contribution in [2.75, 3.05) is 19.8 Å². The van der Waals surface area contributed by atoms with E-state index in [4.69, 9.17) is 9.47 Å². The van der Waals surface area contributed by atoms with Crippen molar-refractivity contribution in [2.45, 2.75) is 45.3 Å². The van der Waals surface area contributed by atoms with Gasteiger partial charge in [-0.1, -0.05) is 48.5 Å². The maximum Gasteiger partial charge on any atom is 0.286 e. The van der Waals surface area contributed by atoms with Crippen molar-refractivity contribution in [2.24, 2.45) is 5.92 Å². The Hall–Kier alpha value is -3.42. The van der Waals surface area contributed by atoms with Crippen LogP contribution in [-0.4, -0.2) is 47.5 Å². The fourth-order valence-corrected chi connectivity index (χ4v) is 4.91. The molecule has 0 radical (unpaired) electrons. The van der Waals surface area contributed by atoms with E-state index in [1.807, 2.05) is 73.8 Å². The van der Waals surface area contributed by atoms with Crippen LogP contribution >= 0.6 is 0 Å². The van der Waals surface area contributed by atoms with E-state index in [1.54, 1.807) is 4.57 Å². The van der Waals surface area contributed by atoms with Gasteiger partial charge in [-0.2, -0.15) is 0 Å². The zero-order valence-electron chi connectivity index (χ0n) is 20.9. The molecule has 2 N–H and O–H groups in total. The lowest BCUT2D eigenvalue weighted by molar-refractivity contribution is -0.166. The Balaban J connectivity index is 1.68. The van der Waals surface area contributed by atoms with Crippen LogP contribution in [0.25, 0.3) is 10.9 Å². The van der Waals surface area contributed by atoms with Crippen molar-refractivity contribution >= 4 is 22.7 Å². The summed E-state index contributed by atoms with van der Waals surface area (Å²) in [4.78, 5) is 25.5. The number of aliphatic hydroxyl groups is 1. The average Bonchev–Trinajstić information content (AvgIpc) is 3.28. The van der Waals surface area contributed by atoms with Gasteiger partial charge in [0.25, 0.3) is 5.91 Å². The number of nitrogens with zero attached hydrogens (tertiary/aromatic N) is 1. The van der Waals surface area contributed by atoms with E-state index in [2.05, 4.69) is 5.32 Å². The largest absolute Gasteiger partial charge is 0.459 e. The molecule has 2 heterocycles. The summed E-state index contributed by atoms with van der Waals surface area (Å²) < 4.78 is 13.7. The zero-order valence-corrected chi connectivity index (χ0v) is 20.9. The van der Waals surface area contributed by atoms with E-state index in [9.17, 15) is 14.7 Å². The summed E-state index contributed by atoms with van der Waals surface area (Å²) in [7, 11) is 0. The third kappa shape index (κ3) is 5.69. The number of fused-ring (bicyclic) bond motifs is 1. The second-order valence-corrected chi connectivity index (χ2v) is 9.01. The minimum Gasteiger partial charge on any atom is -0.459 e. The molecule has 0 fully saturated rings. The predicted octanol–water partition coefficient (Wildman–Crippen LogP) is 4.41. The van der Waals surface area contributed by atoms with Gasteiger partial charge in [0.2, 0.25) is 12.2 Å². The van der Waals surface area contributed by atoms with E-state index in [0.29, 0.717) is 32.4 Å². The third-order valence-electron chi connectivity index (χ3n) is 6.62. The molecule has 0 aliphatic carbocycles. The highest BCUT2D eigenvalue weighted by molar-refractivity contribution is 5.95. The number of para-hydroxylation sites is 1. The van der Waals surface area contributed by atoms with E-state index in [0.717, 1.165) is 22.0 Å². The van der Waals surface area contributed by atoms with Crippen LogP contribution in [-0.2, 0) is 20.7 Å². The number of carbonyl (C=O) groups excluding carboxylic acids is 2. The van der Waals surface area contributed by atoms with Gasteiger partial charge in [0, 0.05) is 50.1 Å². The molecule has 1 aliphatic heterocycles. The van der Waals surface area contributed by atoms with Gasteiger partial charge in [-0.15, -0.1) is 0 Å². The number of benzene rings is 2. The summed E-state index contributed by atoms with van der Waals surface area (Å²) >= 11 is 0. The minimum atomic E-state index is -0.647. The number of rotatable bonds is 10. The molecule has 0 bridgehead atoms. The predicted molar refractivity (Wildman–Crippen MR) is 139 cm³/mol. The summed E-state index contributed by atoms with van der Waals surface area (Å²) in [6.45, 7) is 4.37. The van der Waals surface area contributed by atoms with Crippen LogP contribution in [0.2, 0.25) is 0 Å². The standard InChI is InChI=1S/C29H34N2O5/c1-3-35-29-23(13-9-17-32)24(25-19-31(20(2)33)26-14-8-7-12-22(25)26)18-27(36-29)28(34)30-16-15-21-10-5-4-6-11-21/h4-8,10-12,14,18-19,23-24,29,32H,3,9,13,15-17H2,1-2H3,(H,30,34)/t23-,24-,29+/m1/s1. The molecule has 190 valence electrons. The number of aliphatic hydroxyl groups excluding tert-OH is 1. The van der Waals surface area contributed by atoms with Crippen LogP contribution in [0.4, 0.5) is 0 Å². The van der Waals surface area contributed by atoms with E-state index < -0.39 is 6.29 Å². The summed E-state index contributed by atoms with van der Waals surface area (Å²) in [5, 5.41) is 13.5. The van der Waals surface area contributed by atoms with Crippen molar-refractivity contribution in [1.82, 2.24) is 9.88 Å². The molecule has 1 amide bonds. The number of nitrogens with one attached hydrogen (secondary N) is 1. The zero-order chi connectivity index (χ0) is 25.5. The van der Waals surface area contributed by atoms with Gasteiger partial charge in [0.15, 0.2) is 5.76 Å². The highest BCUT2D eigenvalue weighted by Crippen LogP contribution is 2.42. The fraction of sp³-hybridized carbons (Fsp3) is 0.379. The van der Waals surface area contributed by atoms with Crippen LogP contribution in [0.3, 0.4) is 0 Å². The lowest BCUT2D eigenvalue weighted by Crippen LogP contribution is -2.39. The normalized spacial score (nSPS) is 19.5.